The molecule has 3 heteroatoms. The van der Waals surface area contributed by atoms with E-state index in [1.54, 1.807) is 0 Å². The van der Waals surface area contributed by atoms with Gasteiger partial charge in [0.05, 0.1) is 6.04 Å². The first-order valence-corrected chi connectivity index (χ1v) is 1.95. The molecule has 0 aliphatic carbocycles. The molecule has 0 unspecified atom stereocenters. The molecule has 0 radical (unpaired) electrons. The van der Waals surface area contributed by atoms with E-state index in [0.29, 0.717) is 12.6 Å². The average Bonchev–Trinajstić information content (AvgIpc) is 1.68. The summed E-state index contributed by atoms with van der Waals surface area (Å²) in [7, 11) is 0. The highest BCUT2D eigenvalue weighted by molar-refractivity contribution is 5.64. The van der Waals surface area contributed by atoms with Crippen molar-refractivity contribution in [3.05, 3.63) is 0 Å². The number of hydrogen-bond acceptors (Lipinski definition) is 3. The van der Waals surface area contributed by atoms with Gasteiger partial charge in [0.2, 0.25) is 0 Å². The van der Waals surface area contributed by atoms with Crippen LogP contribution >= 0.6 is 0 Å². The van der Waals surface area contributed by atoms with Crippen molar-refractivity contribution in [1.29, 1.82) is 0 Å². The average molecular weight is 101 g/mol. The Balaban J connectivity index is 3.15. The molecule has 0 aromatic rings. The first-order chi connectivity index (χ1) is 3.31. The molecule has 40 valence electrons. The van der Waals surface area contributed by atoms with Gasteiger partial charge in [0, 0.05) is 6.42 Å². The van der Waals surface area contributed by atoms with Gasteiger partial charge in [-0.25, -0.2) is 0 Å². The van der Waals surface area contributed by atoms with Crippen LogP contribution < -0.4 is 5.73 Å². The van der Waals surface area contributed by atoms with E-state index in [1.807, 2.05) is 0 Å². The summed E-state index contributed by atoms with van der Waals surface area (Å²) < 4.78 is 0. The second kappa shape index (κ2) is 3.49. The van der Waals surface area contributed by atoms with Crippen molar-refractivity contribution in [3.63, 3.8) is 0 Å². The van der Waals surface area contributed by atoms with Crippen molar-refractivity contribution < 1.29 is 9.59 Å². The Hall–Kier alpha value is -0.700. The topological polar surface area (TPSA) is 60.2 Å². The summed E-state index contributed by atoms with van der Waals surface area (Å²) >= 11 is 0. The molecule has 0 saturated carbocycles. The molecule has 0 bridgehead atoms. The number of aldehydes is 2. The third-order valence-electron chi connectivity index (χ3n) is 0.543. The lowest BCUT2D eigenvalue weighted by Gasteiger charge is -1.90. The molecule has 1 atom stereocenters. The summed E-state index contributed by atoms with van der Waals surface area (Å²) in [5.74, 6) is 0. The molecule has 0 aliphatic rings. The molecule has 0 aromatic heterocycles. The van der Waals surface area contributed by atoms with Crippen LogP contribution in [0.25, 0.3) is 0 Å². The smallest absolute Gasteiger partial charge is 0.137 e. The van der Waals surface area contributed by atoms with Crippen LogP contribution in [0.3, 0.4) is 0 Å². The highest BCUT2D eigenvalue weighted by Gasteiger charge is 1.93. The predicted molar refractivity (Wildman–Crippen MR) is 24.7 cm³/mol. The highest BCUT2D eigenvalue weighted by Crippen LogP contribution is 1.73. The number of carbonyl (C=O) groups is 2. The molecule has 3 nitrogen and oxygen atoms in total. The lowest BCUT2D eigenvalue weighted by atomic mass is 10.3. The van der Waals surface area contributed by atoms with E-state index < -0.39 is 6.04 Å². The Kier molecular flexibility index (Phi) is 3.14. The van der Waals surface area contributed by atoms with Crippen molar-refractivity contribution in [3.8, 4) is 0 Å². The molecule has 0 saturated heterocycles. The molecular formula is C4H7NO2. The van der Waals surface area contributed by atoms with Gasteiger partial charge in [-0.2, -0.15) is 0 Å². The maximum atomic E-state index is 9.61. The summed E-state index contributed by atoms with van der Waals surface area (Å²) in [4.78, 5) is 19.1. The van der Waals surface area contributed by atoms with Crippen LogP contribution in [0.1, 0.15) is 6.42 Å². The van der Waals surface area contributed by atoms with Gasteiger partial charge in [0.1, 0.15) is 12.6 Å². The molecule has 7 heavy (non-hydrogen) atoms. The zero-order chi connectivity index (χ0) is 5.70. The minimum absolute atomic E-state index is 0.128. The predicted octanol–water partition coefficient (Wildman–Crippen LogP) is -0.898. The van der Waals surface area contributed by atoms with Crippen LogP contribution in [0.5, 0.6) is 0 Å². The van der Waals surface area contributed by atoms with E-state index in [0.717, 1.165) is 0 Å². The molecule has 2 N–H and O–H groups in total. The molecule has 0 fully saturated rings. The maximum Gasteiger partial charge on any atom is 0.137 e. The van der Waals surface area contributed by atoms with E-state index in [1.165, 1.54) is 0 Å². The SMILES string of the molecule is N[C@H](C=O)CC=O. The largest absolute Gasteiger partial charge is 0.321 e. The lowest BCUT2D eigenvalue weighted by Crippen LogP contribution is -2.21. The van der Waals surface area contributed by atoms with Gasteiger partial charge >= 0.3 is 0 Å². The molecule has 0 rings (SSSR count). The van der Waals surface area contributed by atoms with Crippen LogP contribution in [-0.2, 0) is 9.59 Å². The van der Waals surface area contributed by atoms with Crippen molar-refractivity contribution in [1.82, 2.24) is 0 Å². The van der Waals surface area contributed by atoms with Crippen molar-refractivity contribution in [2.24, 2.45) is 5.73 Å². The first-order valence-electron chi connectivity index (χ1n) is 1.95. The normalized spacial score (nSPS) is 12.7. The minimum Gasteiger partial charge on any atom is -0.321 e. The third kappa shape index (κ3) is 3.12. The Morgan fingerprint density at radius 1 is 1.57 bits per heavy atom. The second-order valence-corrected chi connectivity index (χ2v) is 1.20. The Bertz CT molecular complexity index is 72.1. The molecule has 0 spiro atoms. The monoisotopic (exact) mass is 101 g/mol. The second-order valence-electron chi connectivity index (χ2n) is 1.20. The van der Waals surface area contributed by atoms with Gasteiger partial charge in [-0.1, -0.05) is 0 Å². The zero-order valence-electron chi connectivity index (χ0n) is 3.83. The summed E-state index contributed by atoms with van der Waals surface area (Å²) in [6, 6.07) is -0.600. The van der Waals surface area contributed by atoms with Crippen LogP contribution in [0.2, 0.25) is 0 Å². The Labute approximate surface area is 41.5 Å². The molecule has 0 heterocycles. The zero-order valence-corrected chi connectivity index (χ0v) is 3.83. The van der Waals surface area contributed by atoms with E-state index >= 15 is 0 Å². The van der Waals surface area contributed by atoms with Crippen molar-refractivity contribution in [2.75, 3.05) is 0 Å². The van der Waals surface area contributed by atoms with Gasteiger partial charge in [-0.05, 0) is 0 Å². The van der Waals surface area contributed by atoms with Crippen molar-refractivity contribution >= 4 is 12.6 Å². The van der Waals surface area contributed by atoms with Gasteiger partial charge in [0.25, 0.3) is 0 Å². The fourth-order valence-corrected chi connectivity index (χ4v) is 0.167. The molecule has 0 aromatic carbocycles. The van der Waals surface area contributed by atoms with Crippen LogP contribution in [0.4, 0.5) is 0 Å². The summed E-state index contributed by atoms with van der Waals surface area (Å²) in [5.41, 5.74) is 4.98. The quantitative estimate of drug-likeness (QED) is 0.469. The van der Waals surface area contributed by atoms with Gasteiger partial charge in [-0.3, -0.25) is 0 Å². The fraction of sp³-hybridized carbons (Fsp3) is 0.500. The van der Waals surface area contributed by atoms with E-state index in [-0.39, 0.29) is 6.42 Å². The van der Waals surface area contributed by atoms with E-state index in [2.05, 4.69) is 0 Å². The van der Waals surface area contributed by atoms with Crippen LogP contribution in [-0.4, -0.2) is 18.6 Å². The number of hydrogen-bond donors (Lipinski definition) is 1. The summed E-state index contributed by atoms with van der Waals surface area (Å²) in [6.45, 7) is 0. The van der Waals surface area contributed by atoms with Gasteiger partial charge in [0.15, 0.2) is 0 Å². The fourth-order valence-electron chi connectivity index (χ4n) is 0.167. The van der Waals surface area contributed by atoms with Gasteiger partial charge in [-0.15, -0.1) is 0 Å². The van der Waals surface area contributed by atoms with Crippen LogP contribution in [0, 0.1) is 0 Å². The summed E-state index contributed by atoms with van der Waals surface area (Å²) in [5, 5.41) is 0. The third-order valence-corrected chi connectivity index (χ3v) is 0.543. The molecular weight excluding hydrogens is 94.0 g/mol. The lowest BCUT2D eigenvalue weighted by molar-refractivity contribution is -0.113. The Morgan fingerprint density at radius 3 is 2.29 bits per heavy atom. The molecule has 0 amide bonds. The van der Waals surface area contributed by atoms with Gasteiger partial charge < -0.3 is 15.3 Å². The highest BCUT2D eigenvalue weighted by atomic mass is 16.1. The van der Waals surface area contributed by atoms with Crippen LogP contribution in [0.15, 0.2) is 0 Å². The number of rotatable bonds is 3. The maximum absolute atomic E-state index is 9.61. The standard InChI is InChI=1S/C4H7NO2/c5-4(3-7)1-2-6/h2-4H,1,5H2/t4-/m0/s1. The minimum atomic E-state index is -0.600. The van der Waals surface area contributed by atoms with E-state index in [9.17, 15) is 9.59 Å². The Morgan fingerprint density at radius 2 is 2.14 bits per heavy atom. The first kappa shape index (κ1) is 6.30. The van der Waals surface area contributed by atoms with E-state index in [4.69, 9.17) is 5.73 Å². The number of carbonyl (C=O) groups excluding carboxylic acids is 2. The number of nitrogens with two attached hydrogens (primary N) is 1. The summed E-state index contributed by atoms with van der Waals surface area (Å²) in [6.07, 6.45) is 1.30. The molecule has 0 aliphatic heterocycles. The van der Waals surface area contributed by atoms with Crippen molar-refractivity contribution in [2.45, 2.75) is 12.5 Å².